The molecule has 1 rings (SSSR count). The molecule has 0 aliphatic heterocycles. The van der Waals surface area contributed by atoms with E-state index in [1.807, 2.05) is 12.3 Å². The van der Waals surface area contributed by atoms with Crippen molar-refractivity contribution in [3.8, 4) is 0 Å². The van der Waals surface area contributed by atoms with E-state index in [0.29, 0.717) is 6.04 Å². The largest absolute Gasteiger partial charge is 0.472 e. The highest BCUT2D eigenvalue weighted by atomic mass is 16.3. The van der Waals surface area contributed by atoms with E-state index < -0.39 is 0 Å². The van der Waals surface area contributed by atoms with Crippen LogP contribution in [-0.2, 0) is 6.54 Å². The van der Waals surface area contributed by atoms with Crippen LogP contribution in [0.15, 0.2) is 23.0 Å². The second-order valence-electron chi connectivity index (χ2n) is 4.45. The SMILES string of the molecule is CCCCNCC(C)N(C)Cc1ccoc1. The summed E-state index contributed by atoms with van der Waals surface area (Å²) < 4.78 is 5.07. The fourth-order valence-electron chi connectivity index (χ4n) is 1.59. The zero-order chi connectivity index (χ0) is 11.8. The van der Waals surface area contributed by atoms with Gasteiger partial charge in [-0.2, -0.15) is 0 Å². The molecular formula is C13H24N2O. The van der Waals surface area contributed by atoms with Gasteiger partial charge in [-0.05, 0) is 33.0 Å². The molecule has 0 fully saturated rings. The smallest absolute Gasteiger partial charge is 0.0947 e. The molecule has 0 aliphatic rings. The van der Waals surface area contributed by atoms with Gasteiger partial charge in [-0.25, -0.2) is 0 Å². The van der Waals surface area contributed by atoms with Crippen molar-refractivity contribution in [1.82, 2.24) is 10.2 Å². The van der Waals surface area contributed by atoms with Crippen LogP contribution in [0.4, 0.5) is 0 Å². The van der Waals surface area contributed by atoms with E-state index in [1.54, 1.807) is 6.26 Å². The number of rotatable bonds is 8. The average molecular weight is 224 g/mol. The molecule has 1 atom stereocenters. The lowest BCUT2D eigenvalue weighted by Gasteiger charge is -2.24. The molecule has 0 saturated carbocycles. The van der Waals surface area contributed by atoms with Crippen molar-refractivity contribution in [2.75, 3.05) is 20.1 Å². The van der Waals surface area contributed by atoms with Crippen LogP contribution in [0.25, 0.3) is 0 Å². The minimum Gasteiger partial charge on any atom is -0.472 e. The highest BCUT2D eigenvalue weighted by Crippen LogP contribution is 2.06. The summed E-state index contributed by atoms with van der Waals surface area (Å²) in [5.41, 5.74) is 1.24. The zero-order valence-electron chi connectivity index (χ0n) is 10.7. The number of nitrogens with zero attached hydrogens (tertiary/aromatic N) is 1. The normalized spacial score (nSPS) is 13.2. The van der Waals surface area contributed by atoms with E-state index in [4.69, 9.17) is 4.42 Å². The molecular weight excluding hydrogens is 200 g/mol. The van der Waals surface area contributed by atoms with Crippen LogP contribution in [0.1, 0.15) is 32.3 Å². The Bertz CT molecular complexity index is 259. The summed E-state index contributed by atoms with van der Waals surface area (Å²) in [4.78, 5) is 2.34. The van der Waals surface area contributed by atoms with Gasteiger partial charge in [0.2, 0.25) is 0 Å². The predicted octanol–water partition coefficient (Wildman–Crippen LogP) is 2.49. The van der Waals surface area contributed by atoms with Crippen molar-refractivity contribution in [2.24, 2.45) is 0 Å². The lowest BCUT2D eigenvalue weighted by Crippen LogP contribution is -2.37. The fraction of sp³-hybridized carbons (Fsp3) is 0.692. The number of likely N-dealkylation sites (N-methyl/N-ethyl adjacent to an activating group) is 1. The van der Waals surface area contributed by atoms with Crippen LogP contribution in [-0.4, -0.2) is 31.1 Å². The molecule has 1 aromatic heterocycles. The van der Waals surface area contributed by atoms with Crippen LogP contribution in [0.3, 0.4) is 0 Å². The standard InChI is InChI=1S/C13H24N2O/c1-4-5-7-14-9-12(2)15(3)10-13-6-8-16-11-13/h6,8,11-12,14H,4-5,7,9-10H2,1-3H3. The first-order valence-electron chi connectivity index (χ1n) is 6.16. The van der Waals surface area contributed by atoms with E-state index >= 15 is 0 Å². The minimum atomic E-state index is 0.548. The summed E-state index contributed by atoms with van der Waals surface area (Å²) in [5, 5.41) is 3.48. The average Bonchev–Trinajstić information content (AvgIpc) is 2.76. The van der Waals surface area contributed by atoms with E-state index in [0.717, 1.165) is 19.6 Å². The Morgan fingerprint density at radius 1 is 1.50 bits per heavy atom. The first kappa shape index (κ1) is 13.3. The number of nitrogens with one attached hydrogen (secondary N) is 1. The molecule has 0 bridgehead atoms. The molecule has 1 aromatic rings. The molecule has 3 nitrogen and oxygen atoms in total. The Balaban J connectivity index is 2.17. The first-order valence-corrected chi connectivity index (χ1v) is 6.16. The fourth-order valence-corrected chi connectivity index (χ4v) is 1.59. The topological polar surface area (TPSA) is 28.4 Å². The summed E-state index contributed by atoms with van der Waals surface area (Å²) in [7, 11) is 2.15. The van der Waals surface area contributed by atoms with Gasteiger partial charge in [0, 0.05) is 24.7 Å². The molecule has 1 N–H and O–H groups in total. The van der Waals surface area contributed by atoms with Crippen LogP contribution >= 0.6 is 0 Å². The van der Waals surface area contributed by atoms with Crippen molar-refractivity contribution >= 4 is 0 Å². The molecule has 3 heteroatoms. The van der Waals surface area contributed by atoms with Gasteiger partial charge in [0.25, 0.3) is 0 Å². The van der Waals surface area contributed by atoms with Gasteiger partial charge in [0.15, 0.2) is 0 Å². The molecule has 1 unspecified atom stereocenters. The van der Waals surface area contributed by atoms with Gasteiger partial charge in [0.05, 0.1) is 12.5 Å². The van der Waals surface area contributed by atoms with E-state index in [9.17, 15) is 0 Å². The third-order valence-corrected chi connectivity index (χ3v) is 2.91. The van der Waals surface area contributed by atoms with Crippen molar-refractivity contribution in [2.45, 2.75) is 39.3 Å². The third kappa shape index (κ3) is 4.81. The molecule has 0 radical (unpaired) electrons. The van der Waals surface area contributed by atoms with E-state index in [1.165, 1.54) is 18.4 Å². The van der Waals surface area contributed by atoms with Gasteiger partial charge < -0.3 is 9.73 Å². The maximum atomic E-state index is 5.07. The van der Waals surface area contributed by atoms with Gasteiger partial charge in [-0.1, -0.05) is 13.3 Å². The number of furan rings is 1. The zero-order valence-corrected chi connectivity index (χ0v) is 10.7. The van der Waals surface area contributed by atoms with Crippen LogP contribution in [0.2, 0.25) is 0 Å². The highest BCUT2D eigenvalue weighted by molar-refractivity contribution is 5.04. The first-order chi connectivity index (χ1) is 7.74. The van der Waals surface area contributed by atoms with Gasteiger partial charge in [-0.3, -0.25) is 4.90 Å². The summed E-state index contributed by atoms with van der Waals surface area (Å²) in [6.45, 7) is 7.59. The van der Waals surface area contributed by atoms with Crippen LogP contribution < -0.4 is 5.32 Å². The second-order valence-corrected chi connectivity index (χ2v) is 4.45. The van der Waals surface area contributed by atoms with Gasteiger partial charge in [0.1, 0.15) is 0 Å². The summed E-state index contributed by atoms with van der Waals surface area (Å²) in [6.07, 6.45) is 6.06. The molecule has 0 spiro atoms. The van der Waals surface area contributed by atoms with Crippen LogP contribution in [0.5, 0.6) is 0 Å². The summed E-state index contributed by atoms with van der Waals surface area (Å²) >= 11 is 0. The maximum Gasteiger partial charge on any atom is 0.0947 e. The number of hydrogen-bond donors (Lipinski definition) is 1. The molecule has 92 valence electrons. The number of unbranched alkanes of at least 4 members (excludes halogenated alkanes) is 1. The van der Waals surface area contributed by atoms with Crippen molar-refractivity contribution < 1.29 is 4.42 Å². The lowest BCUT2D eigenvalue weighted by atomic mass is 10.2. The van der Waals surface area contributed by atoms with Crippen molar-refractivity contribution in [3.63, 3.8) is 0 Å². The van der Waals surface area contributed by atoms with Gasteiger partial charge >= 0.3 is 0 Å². The number of hydrogen-bond acceptors (Lipinski definition) is 3. The van der Waals surface area contributed by atoms with Crippen molar-refractivity contribution in [1.29, 1.82) is 0 Å². The molecule has 16 heavy (non-hydrogen) atoms. The van der Waals surface area contributed by atoms with Gasteiger partial charge in [-0.15, -0.1) is 0 Å². The van der Waals surface area contributed by atoms with Crippen LogP contribution in [0, 0.1) is 0 Å². The predicted molar refractivity (Wildman–Crippen MR) is 67.4 cm³/mol. The molecule has 0 saturated heterocycles. The van der Waals surface area contributed by atoms with Crippen molar-refractivity contribution in [3.05, 3.63) is 24.2 Å². The maximum absolute atomic E-state index is 5.07. The molecule has 0 amide bonds. The van der Waals surface area contributed by atoms with E-state index in [2.05, 4.69) is 31.1 Å². The second kappa shape index (κ2) is 7.47. The Hall–Kier alpha value is -0.800. The Morgan fingerprint density at radius 3 is 2.94 bits per heavy atom. The summed E-state index contributed by atoms with van der Waals surface area (Å²) in [6, 6.07) is 2.57. The Labute approximate surface area is 98.8 Å². The van der Waals surface area contributed by atoms with E-state index in [-0.39, 0.29) is 0 Å². The Kier molecular flexibility index (Phi) is 6.19. The minimum absolute atomic E-state index is 0.548. The highest BCUT2D eigenvalue weighted by Gasteiger charge is 2.09. The molecule has 0 aliphatic carbocycles. The lowest BCUT2D eigenvalue weighted by molar-refractivity contribution is 0.242. The quantitative estimate of drug-likeness (QED) is 0.688. The monoisotopic (exact) mass is 224 g/mol. The molecule has 0 aromatic carbocycles. The molecule has 1 heterocycles. The summed E-state index contributed by atoms with van der Waals surface area (Å²) in [5.74, 6) is 0. The third-order valence-electron chi connectivity index (χ3n) is 2.91. The Morgan fingerprint density at radius 2 is 2.31 bits per heavy atom.